The van der Waals surface area contributed by atoms with E-state index in [-0.39, 0.29) is 5.69 Å². The summed E-state index contributed by atoms with van der Waals surface area (Å²) in [7, 11) is 0. The lowest BCUT2D eigenvalue weighted by Gasteiger charge is -2.29. The average Bonchev–Trinajstić information content (AvgIpc) is 2.96. The second-order valence-corrected chi connectivity index (χ2v) is 4.87. The van der Waals surface area contributed by atoms with Crippen LogP contribution < -0.4 is 4.90 Å². The molecule has 0 atom stereocenters. The van der Waals surface area contributed by atoms with E-state index in [1.54, 1.807) is 11.1 Å². The molecule has 3 rings (SSSR count). The van der Waals surface area contributed by atoms with E-state index < -0.39 is 11.6 Å². The van der Waals surface area contributed by atoms with Crippen LogP contribution in [-0.2, 0) is 11.2 Å². The minimum atomic E-state index is -0.597. The van der Waals surface area contributed by atoms with Crippen molar-refractivity contribution in [3.05, 3.63) is 35.7 Å². The lowest BCUT2D eigenvalue weighted by atomic mass is 10.2. The van der Waals surface area contributed by atoms with Crippen LogP contribution in [0.2, 0.25) is 0 Å². The third kappa shape index (κ3) is 2.73. The van der Waals surface area contributed by atoms with E-state index in [0.29, 0.717) is 32.0 Å². The summed E-state index contributed by atoms with van der Waals surface area (Å²) in [5.74, 6) is -1.19. The molecule has 1 fully saturated rings. The molecule has 1 aromatic heterocycles. The first-order valence-electron chi connectivity index (χ1n) is 6.92. The largest absolute Gasteiger partial charge is 0.378 e. The predicted octanol–water partition coefficient (Wildman–Crippen LogP) is 1.94. The predicted molar refractivity (Wildman–Crippen MR) is 73.7 cm³/mol. The van der Waals surface area contributed by atoms with Gasteiger partial charge in [-0.15, -0.1) is 5.10 Å². The maximum atomic E-state index is 14.3. The Labute approximate surface area is 121 Å². The van der Waals surface area contributed by atoms with Crippen molar-refractivity contribution in [3.63, 3.8) is 0 Å². The van der Waals surface area contributed by atoms with Crippen LogP contribution in [0.3, 0.4) is 0 Å². The Morgan fingerprint density at radius 2 is 1.86 bits per heavy atom. The van der Waals surface area contributed by atoms with Gasteiger partial charge in [0.15, 0.2) is 11.6 Å². The molecule has 7 heteroatoms. The zero-order valence-electron chi connectivity index (χ0n) is 11.7. The quantitative estimate of drug-likeness (QED) is 0.868. The smallest absolute Gasteiger partial charge is 0.151 e. The lowest BCUT2D eigenvalue weighted by Crippen LogP contribution is -2.37. The standard InChI is InChI=1S/C14H16F2N4O/c1-2-10-9-20(18-17-10)11-7-12(15)14(13(16)8-11)19-3-5-21-6-4-19/h7-9H,2-6H2,1H3. The molecular formula is C14H16F2N4O. The number of rotatable bonds is 3. The van der Waals surface area contributed by atoms with E-state index in [2.05, 4.69) is 10.3 Å². The first-order chi connectivity index (χ1) is 10.2. The molecule has 0 saturated carbocycles. The van der Waals surface area contributed by atoms with Gasteiger partial charge in [-0.25, -0.2) is 13.5 Å². The molecule has 21 heavy (non-hydrogen) atoms. The van der Waals surface area contributed by atoms with Gasteiger partial charge in [0.05, 0.1) is 30.8 Å². The highest BCUT2D eigenvalue weighted by Crippen LogP contribution is 2.27. The highest BCUT2D eigenvalue weighted by molar-refractivity contribution is 5.54. The van der Waals surface area contributed by atoms with E-state index in [9.17, 15) is 8.78 Å². The van der Waals surface area contributed by atoms with Gasteiger partial charge in [0.2, 0.25) is 0 Å². The fourth-order valence-electron chi connectivity index (χ4n) is 2.36. The van der Waals surface area contributed by atoms with Crippen molar-refractivity contribution >= 4 is 5.69 Å². The summed E-state index contributed by atoms with van der Waals surface area (Å²) in [5.41, 5.74) is 1.10. The maximum absolute atomic E-state index is 14.3. The normalized spacial score (nSPS) is 15.5. The number of anilines is 1. The summed E-state index contributed by atoms with van der Waals surface area (Å²) in [5, 5.41) is 7.81. The monoisotopic (exact) mass is 294 g/mol. The number of aromatic nitrogens is 3. The highest BCUT2D eigenvalue weighted by atomic mass is 19.1. The van der Waals surface area contributed by atoms with Crippen LogP contribution in [0.25, 0.3) is 5.69 Å². The Bertz CT molecular complexity index is 615. The van der Waals surface area contributed by atoms with Gasteiger partial charge in [0, 0.05) is 25.2 Å². The van der Waals surface area contributed by atoms with E-state index >= 15 is 0 Å². The van der Waals surface area contributed by atoms with Gasteiger partial charge in [-0.1, -0.05) is 12.1 Å². The topological polar surface area (TPSA) is 43.2 Å². The Morgan fingerprint density at radius 3 is 2.43 bits per heavy atom. The minimum absolute atomic E-state index is 0.00196. The van der Waals surface area contributed by atoms with Gasteiger partial charge in [0.25, 0.3) is 0 Å². The third-order valence-corrected chi connectivity index (χ3v) is 3.50. The van der Waals surface area contributed by atoms with Crippen molar-refractivity contribution in [2.75, 3.05) is 31.2 Å². The fraction of sp³-hybridized carbons (Fsp3) is 0.429. The van der Waals surface area contributed by atoms with Gasteiger partial charge in [-0.3, -0.25) is 0 Å². The second-order valence-electron chi connectivity index (χ2n) is 4.87. The van der Waals surface area contributed by atoms with Crippen LogP contribution in [0, 0.1) is 11.6 Å². The van der Waals surface area contributed by atoms with Crippen molar-refractivity contribution in [1.82, 2.24) is 15.0 Å². The van der Waals surface area contributed by atoms with Crippen molar-refractivity contribution < 1.29 is 13.5 Å². The number of nitrogens with zero attached hydrogens (tertiary/aromatic N) is 4. The molecular weight excluding hydrogens is 278 g/mol. The van der Waals surface area contributed by atoms with Crippen LogP contribution in [0.5, 0.6) is 0 Å². The molecule has 2 aromatic rings. The van der Waals surface area contributed by atoms with E-state index in [0.717, 1.165) is 12.1 Å². The summed E-state index contributed by atoms with van der Waals surface area (Å²) in [4.78, 5) is 1.66. The molecule has 1 saturated heterocycles. The van der Waals surface area contributed by atoms with Crippen LogP contribution in [-0.4, -0.2) is 41.3 Å². The first kappa shape index (κ1) is 13.9. The molecule has 0 radical (unpaired) electrons. The van der Waals surface area contributed by atoms with Crippen LogP contribution >= 0.6 is 0 Å². The minimum Gasteiger partial charge on any atom is -0.378 e. The third-order valence-electron chi connectivity index (χ3n) is 3.50. The zero-order valence-corrected chi connectivity index (χ0v) is 11.7. The Hall–Kier alpha value is -2.02. The lowest BCUT2D eigenvalue weighted by molar-refractivity contribution is 0.122. The summed E-state index contributed by atoms with van der Waals surface area (Å²) in [6.45, 7) is 3.86. The number of benzene rings is 1. The van der Waals surface area contributed by atoms with Crippen molar-refractivity contribution in [2.24, 2.45) is 0 Å². The molecule has 2 heterocycles. The van der Waals surface area contributed by atoms with Crippen molar-refractivity contribution in [1.29, 1.82) is 0 Å². The van der Waals surface area contributed by atoms with E-state index in [1.807, 2.05) is 6.92 Å². The van der Waals surface area contributed by atoms with Crippen LogP contribution in [0.1, 0.15) is 12.6 Å². The number of ether oxygens (including phenoxy) is 1. The molecule has 1 aliphatic rings. The summed E-state index contributed by atoms with van der Waals surface area (Å²) < 4.78 is 35.2. The Kier molecular flexibility index (Phi) is 3.83. The molecule has 0 spiro atoms. The Morgan fingerprint density at radius 1 is 1.19 bits per heavy atom. The molecule has 0 amide bonds. The Balaban J connectivity index is 1.95. The maximum Gasteiger partial charge on any atom is 0.151 e. The van der Waals surface area contributed by atoms with Gasteiger partial charge in [-0.2, -0.15) is 0 Å². The summed E-state index contributed by atoms with van der Waals surface area (Å²) >= 11 is 0. The first-order valence-corrected chi connectivity index (χ1v) is 6.92. The zero-order chi connectivity index (χ0) is 14.8. The van der Waals surface area contributed by atoms with Gasteiger partial charge >= 0.3 is 0 Å². The van der Waals surface area contributed by atoms with E-state index in [4.69, 9.17) is 4.74 Å². The number of morpholine rings is 1. The molecule has 112 valence electrons. The molecule has 0 N–H and O–H groups in total. The average molecular weight is 294 g/mol. The number of hydrogen-bond acceptors (Lipinski definition) is 4. The molecule has 1 aliphatic heterocycles. The molecule has 0 bridgehead atoms. The van der Waals surface area contributed by atoms with Crippen LogP contribution in [0.15, 0.2) is 18.3 Å². The number of hydrogen-bond donors (Lipinski definition) is 0. The molecule has 0 aliphatic carbocycles. The number of aryl methyl sites for hydroxylation is 1. The molecule has 0 unspecified atom stereocenters. The van der Waals surface area contributed by atoms with Crippen molar-refractivity contribution in [2.45, 2.75) is 13.3 Å². The second kappa shape index (κ2) is 5.77. The SMILES string of the molecule is CCc1cn(-c2cc(F)c(N3CCOCC3)c(F)c2)nn1. The van der Waals surface area contributed by atoms with Crippen LogP contribution in [0.4, 0.5) is 14.5 Å². The van der Waals surface area contributed by atoms with Gasteiger partial charge < -0.3 is 9.64 Å². The fourth-order valence-corrected chi connectivity index (χ4v) is 2.36. The molecule has 1 aromatic carbocycles. The highest BCUT2D eigenvalue weighted by Gasteiger charge is 2.21. The van der Waals surface area contributed by atoms with Gasteiger partial charge in [0.1, 0.15) is 5.69 Å². The molecule has 5 nitrogen and oxygen atoms in total. The van der Waals surface area contributed by atoms with E-state index in [1.165, 1.54) is 16.8 Å². The van der Waals surface area contributed by atoms with Gasteiger partial charge in [-0.05, 0) is 6.42 Å². The number of halogens is 2. The summed E-state index contributed by atoms with van der Waals surface area (Å²) in [6.07, 6.45) is 2.39. The van der Waals surface area contributed by atoms with Crippen molar-refractivity contribution in [3.8, 4) is 5.69 Å². The summed E-state index contributed by atoms with van der Waals surface area (Å²) in [6, 6.07) is 2.56.